The molecule has 4 rings (SSSR count). The van der Waals surface area contributed by atoms with Crippen LogP contribution >= 0.6 is 11.3 Å². The van der Waals surface area contributed by atoms with Crippen LogP contribution in [0.15, 0.2) is 57.5 Å². The van der Waals surface area contributed by atoms with E-state index >= 15 is 0 Å². The third-order valence-corrected chi connectivity index (χ3v) is 5.85. The SMILES string of the molecule is NS(=O)(=O)c1cccc(-c2c(O)ccc3[nH]c(=O)c4sccc4c23)c1. The van der Waals surface area contributed by atoms with Gasteiger partial charge in [-0.25, -0.2) is 13.6 Å². The molecule has 0 aliphatic carbocycles. The summed E-state index contributed by atoms with van der Waals surface area (Å²) in [6, 6.07) is 10.9. The Kier molecular flexibility index (Phi) is 3.43. The molecule has 0 amide bonds. The van der Waals surface area contributed by atoms with E-state index in [0.29, 0.717) is 32.1 Å². The van der Waals surface area contributed by atoms with Crippen molar-refractivity contribution >= 4 is 42.3 Å². The molecule has 0 saturated heterocycles. The van der Waals surface area contributed by atoms with Gasteiger partial charge in [0.05, 0.1) is 4.90 Å². The molecule has 0 aliphatic rings. The van der Waals surface area contributed by atoms with E-state index in [1.807, 2.05) is 6.07 Å². The van der Waals surface area contributed by atoms with Crippen molar-refractivity contribution in [2.45, 2.75) is 4.90 Å². The van der Waals surface area contributed by atoms with Crippen LogP contribution in [0.25, 0.3) is 32.1 Å². The van der Waals surface area contributed by atoms with Crippen molar-refractivity contribution in [3.63, 3.8) is 0 Å². The largest absolute Gasteiger partial charge is 0.507 e. The second-order valence-corrected chi connectivity index (χ2v) is 8.05. The van der Waals surface area contributed by atoms with Crippen LogP contribution in [-0.2, 0) is 10.0 Å². The average molecular weight is 372 g/mol. The number of hydrogen-bond acceptors (Lipinski definition) is 5. The number of aromatic amines is 1. The first-order chi connectivity index (χ1) is 11.9. The molecule has 8 heteroatoms. The maximum Gasteiger partial charge on any atom is 0.266 e. The Labute approximate surface area is 146 Å². The molecule has 0 aliphatic heterocycles. The molecule has 4 N–H and O–H groups in total. The molecular weight excluding hydrogens is 360 g/mol. The first kappa shape index (κ1) is 15.8. The smallest absolute Gasteiger partial charge is 0.266 e. The van der Waals surface area contributed by atoms with E-state index in [0.717, 1.165) is 0 Å². The van der Waals surface area contributed by atoms with Crippen molar-refractivity contribution in [3.05, 3.63) is 58.2 Å². The van der Waals surface area contributed by atoms with Crippen LogP contribution in [0, 0.1) is 0 Å². The summed E-state index contributed by atoms with van der Waals surface area (Å²) < 4.78 is 23.8. The van der Waals surface area contributed by atoms with Crippen molar-refractivity contribution < 1.29 is 13.5 Å². The molecule has 25 heavy (non-hydrogen) atoms. The summed E-state index contributed by atoms with van der Waals surface area (Å²) in [4.78, 5) is 14.9. The van der Waals surface area contributed by atoms with Crippen molar-refractivity contribution in [2.24, 2.45) is 5.14 Å². The van der Waals surface area contributed by atoms with Crippen LogP contribution in [0.2, 0.25) is 0 Å². The van der Waals surface area contributed by atoms with Gasteiger partial charge in [-0.05, 0) is 41.3 Å². The molecule has 0 radical (unpaired) electrons. The zero-order valence-corrected chi connectivity index (χ0v) is 14.3. The summed E-state index contributed by atoms with van der Waals surface area (Å²) in [5.74, 6) is -0.0152. The van der Waals surface area contributed by atoms with Gasteiger partial charge in [-0.3, -0.25) is 4.79 Å². The highest BCUT2D eigenvalue weighted by molar-refractivity contribution is 7.89. The van der Waals surface area contributed by atoms with Gasteiger partial charge in [-0.15, -0.1) is 11.3 Å². The predicted octanol–water partition coefficient (Wildman–Crippen LogP) is 2.76. The molecule has 6 nitrogen and oxygen atoms in total. The van der Waals surface area contributed by atoms with Gasteiger partial charge in [0.15, 0.2) is 0 Å². The topological polar surface area (TPSA) is 113 Å². The third-order valence-electron chi connectivity index (χ3n) is 4.02. The molecule has 0 bridgehead atoms. The van der Waals surface area contributed by atoms with Crippen molar-refractivity contribution in [3.8, 4) is 16.9 Å². The summed E-state index contributed by atoms with van der Waals surface area (Å²) in [5, 5.41) is 18.8. The van der Waals surface area contributed by atoms with Gasteiger partial charge < -0.3 is 10.1 Å². The molecule has 4 aromatic rings. The van der Waals surface area contributed by atoms with E-state index in [9.17, 15) is 18.3 Å². The van der Waals surface area contributed by atoms with Gasteiger partial charge in [0.2, 0.25) is 10.0 Å². The molecule has 0 fully saturated rings. The van der Waals surface area contributed by atoms with Gasteiger partial charge in [0.25, 0.3) is 5.56 Å². The first-order valence-corrected chi connectivity index (χ1v) is 9.67. The van der Waals surface area contributed by atoms with E-state index in [2.05, 4.69) is 4.98 Å². The summed E-state index contributed by atoms with van der Waals surface area (Å²) in [6.45, 7) is 0. The second kappa shape index (κ2) is 5.41. The number of nitrogens with two attached hydrogens (primary N) is 1. The van der Waals surface area contributed by atoms with Crippen LogP contribution in [-0.4, -0.2) is 18.5 Å². The molecule has 2 aromatic heterocycles. The Morgan fingerprint density at radius 2 is 1.92 bits per heavy atom. The van der Waals surface area contributed by atoms with Gasteiger partial charge in [0, 0.05) is 21.9 Å². The molecule has 2 heterocycles. The van der Waals surface area contributed by atoms with E-state index in [-0.39, 0.29) is 16.2 Å². The Morgan fingerprint density at radius 3 is 2.68 bits per heavy atom. The van der Waals surface area contributed by atoms with Crippen LogP contribution in [0.3, 0.4) is 0 Å². The third kappa shape index (κ3) is 2.51. The fraction of sp³-hybridized carbons (Fsp3) is 0. The normalized spacial score (nSPS) is 12.0. The molecular formula is C17H12N2O4S2. The molecule has 0 atom stereocenters. The van der Waals surface area contributed by atoms with E-state index in [1.54, 1.807) is 23.6 Å². The number of thiophene rings is 1. The number of benzene rings is 2. The minimum atomic E-state index is -3.88. The van der Waals surface area contributed by atoms with Crippen molar-refractivity contribution in [1.82, 2.24) is 4.98 Å². The highest BCUT2D eigenvalue weighted by atomic mass is 32.2. The number of fused-ring (bicyclic) bond motifs is 3. The highest BCUT2D eigenvalue weighted by Crippen LogP contribution is 2.40. The average Bonchev–Trinajstić information content (AvgIpc) is 3.05. The highest BCUT2D eigenvalue weighted by Gasteiger charge is 2.17. The lowest BCUT2D eigenvalue weighted by Crippen LogP contribution is -2.12. The minimum absolute atomic E-state index is 0.0152. The van der Waals surface area contributed by atoms with Gasteiger partial charge in [-0.1, -0.05) is 12.1 Å². The predicted molar refractivity (Wildman–Crippen MR) is 98.4 cm³/mol. The zero-order valence-electron chi connectivity index (χ0n) is 12.7. The number of phenolic OH excluding ortho intramolecular Hbond substituents is 1. The molecule has 0 spiro atoms. The first-order valence-electron chi connectivity index (χ1n) is 7.24. The molecule has 126 valence electrons. The number of phenols is 1. The number of hydrogen-bond donors (Lipinski definition) is 3. The monoisotopic (exact) mass is 372 g/mol. The Balaban J connectivity index is 2.17. The summed E-state index contributed by atoms with van der Waals surface area (Å²) in [7, 11) is -3.88. The lowest BCUT2D eigenvalue weighted by Gasteiger charge is -2.11. The van der Waals surface area contributed by atoms with Crippen molar-refractivity contribution in [2.75, 3.05) is 0 Å². The van der Waals surface area contributed by atoms with Crippen LogP contribution in [0.4, 0.5) is 0 Å². The minimum Gasteiger partial charge on any atom is -0.507 e. The Morgan fingerprint density at radius 1 is 1.12 bits per heavy atom. The fourth-order valence-electron chi connectivity index (χ4n) is 2.96. The van der Waals surface area contributed by atoms with E-state index < -0.39 is 10.0 Å². The zero-order chi connectivity index (χ0) is 17.8. The number of rotatable bonds is 2. The number of sulfonamides is 1. The summed E-state index contributed by atoms with van der Waals surface area (Å²) >= 11 is 1.30. The number of aromatic hydroxyl groups is 1. The number of nitrogens with one attached hydrogen (secondary N) is 1. The second-order valence-electron chi connectivity index (χ2n) is 5.57. The molecule has 0 unspecified atom stereocenters. The lowest BCUT2D eigenvalue weighted by molar-refractivity contribution is 0.478. The number of H-pyrrole nitrogens is 1. The number of primary sulfonamides is 1. The fourth-order valence-corrected chi connectivity index (χ4v) is 4.31. The Bertz CT molecular complexity index is 1300. The molecule has 2 aromatic carbocycles. The summed E-state index contributed by atoms with van der Waals surface area (Å²) in [5.41, 5.74) is 1.30. The lowest BCUT2D eigenvalue weighted by atomic mass is 9.97. The van der Waals surface area contributed by atoms with Gasteiger partial charge >= 0.3 is 0 Å². The standard InChI is InChI=1S/C17H12N2O4S2/c18-25(22,23)10-3-1-2-9(8-10)14-13(20)5-4-12-15(14)11-6-7-24-16(11)17(21)19-12/h1-8,20H,(H,19,21)(H2,18,22,23). The maximum atomic E-state index is 12.2. The quantitative estimate of drug-likeness (QED) is 0.502. The number of aromatic nitrogens is 1. The van der Waals surface area contributed by atoms with Crippen LogP contribution in [0.5, 0.6) is 5.75 Å². The van der Waals surface area contributed by atoms with Crippen LogP contribution < -0.4 is 10.7 Å². The van der Waals surface area contributed by atoms with Gasteiger partial charge in [0.1, 0.15) is 10.4 Å². The van der Waals surface area contributed by atoms with Crippen LogP contribution in [0.1, 0.15) is 0 Å². The summed E-state index contributed by atoms with van der Waals surface area (Å²) in [6.07, 6.45) is 0. The van der Waals surface area contributed by atoms with E-state index in [1.165, 1.54) is 29.5 Å². The van der Waals surface area contributed by atoms with E-state index in [4.69, 9.17) is 5.14 Å². The van der Waals surface area contributed by atoms with Gasteiger partial charge in [-0.2, -0.15) is 0 Å². The Hall–Kier alpha value is -2.68. The molecule has 0 saturated carbocycles. The number of pyridine rings is 1. The van der Waals surface area contributed by atoms with Crippen molar-refractivity contribution in [1.29, 1.82) is 0 Å². The maximum absolute atomic E-state index is 12.2.